The van der Waals surface area contributed by atoms with Crippen LogP contribution < -0.4 is 4.90 Å². The summed E-state index contributed by atoms with van der Waals surface area (Å²) in [5.41, 5.74) is 4.38. The van der Waals surface area contributed by atoms with E-state index in [1.165, 1.54) is 4.90 Å². The Morgan fingerprint density at radius 1 is 1.11 bits per heavy atom. The first-order valence-corrected chi connectivity index (χ1v) is 12.8. The Labute approximate surface area is 217 Å². The molecule has 0 bridgehead atoms. The van der Waals surface area contributed by atoms with Gasteiger partial charge in [-0.05, 0) is 67.8 Å². The summed E-state index contributed by atoms with van der Waals surface area (Å²) in [5, 5.41) is 20.8. The summed E-state index contributed by atoms with van der Waals surface area (Å²) < 4.78 is 11.6. The van der Waals surface area contributed by atoms with Gasteiger partial charge >= 0.3 is 7.12 Å². The van der Waals surface area contributed by atoms with Gasteiger partial charge in [-0.1, -0.05) is 48.0 Å². The van der Waals surface area contributed by atoms with Gasteiger partial charge < -0.3 is 19.5 Å². The standard InChI is InChI=1S/C29H32BNO6/c1-18(14-19-8-6-7-11-24(19)32)12-13-25-26-20(17-36-2)15-22-27(23(26)16-30(35)37-25)29(34)31(28(22)33)21-9-4-3-5-10-21/h3-11,14,22-23,25,27,32,35H,12-13,15-17H2,1-2H3/b18-14+/t22-,23+,25-,27-/m1/s1. The van der Waals surface area contributed by atoms with E-state index in [4.69, 9.17) is 9.39 Å². The number of aromatic hydroxyl groups is 1. The van der Waals surface area contributed by atoms with Crippen LogP contribution in [-0.4, -0.2) is 48.9 Å². The maximum absolute atomic E-state index is 13.7. The van der Waals surface area contributed by atoms with Crippen molar-refractivity contribution in [2.75, 3.05) is 18.6 Å². The Morgan fingerprint density at radius 3 is 2.57 bits per heavy atom. The van der Waals surface area contributed by atoms with Gasteiger partial charge in [0.1, 0.15) is 5.75 Å². The third-order valence-electron chi connectivity index (χ3n) is 7.78. The average Bonchev–Trinajstić information content (AvgIpc) is 3.14. The summed E-state index contributed by atoms with van der Waals surface area (Å²) in [7, 11) is 0.608. The fraction of sp³-hybridized carbons (Fsp3) is 0.379. The van der Waals surface area contributed by atoms with Crippen molar-refractivity contribution >= 4 is 30.7 Å². The third-order valence-corrected chi connectivity index (χ3v) is 7.78. The molecule has 3 aliphatic rings. The van der Waals surface area contributed by atoms with E-state index in [1.807, 2.05) is 43.3 Å². The molecule has 2 fully saturated rings. The molecule has 2 saturated heterocycles. The van der Waals surface area contributed by atoms with Gasteiger partial charge in [0.05, 0.1) is 30.2 Å². The summed E-state index contributed by atoms with van der Waals surface area (Å²) in [6, 6.07) is 16.2. The van der Waals surface area contributed by atoms with Crippen LogP contribution >= 0.6 is 0 Å². The molecule has 0 spiro atoms. The SMILES string of the molecule is COCC1=C2[C@@H](CC/C(C)=C/c3ccccc3O)OB(O)C[C@@H]2[C@@H]2C(=O)N(c3ccccc3)C(=O)[C@@H]2C1. The van der Waals surface area contributed by atoms with E-state index in [0.717, 1.165) is 22.3 Å². The number of hydrogen-bond donors (Lipinski definition) is 2. The minimum atomic E-state index is -1.02. The molecule has 0 saturated carbocycles. The highest BCUT2D eigenvalue weighted by Gasteiger charge is 2.57. The largest absolute Gasteiger partial charge is 0.507 e. The van der Waals surface area contributed by atoms with Gasteiger partial charge in [0.2, 0.25) is 11.8 Å². The number of allylic oxidation sites excluding steroid dienone is 1. The molecule has 0 unspecified atom stereocenters. The molecule has 2 heterocycles. The molecule has 0 radical (unpaired) electrons. The topological polar surface area (TPSA) is 96.3 Å². The zero-order chi connectivity index (χ0) is 26.1. The zero-order valence-electron chi connectivity index (χ0n) is 21.2. The summed E-state index contributed by atoms with van der Waals surface area (Å²) in [4.78, 5) is 28.5. The summed E-state index contributed by atoms with van der Waals surface area (Å²) in [5.74, 6) is -1.45. The second-order valence-electron chi connectivity index (χ2n) is 10.2. The normalized spacial score (nSPS) is 26.0. The van der Waals surface area contributed by atoms with Crippen molar-refractivity contribution in [3.05, 3.63) is 76.9 Å². The smallest absolute Gasteiger partial charge is 0.455 e. The highest BCUT2D eigenvalue weighted by Crippen LogP contribution is 2.51. The number of phenols is 1. The molecular formula is C29H32BNO6. The first-order valence-electron chi connectivity index (χ1n) is 12.8. The lowest BCUT2D eigenvalue weighted by atomic mass is 9.58. The molecule has 8 heteroatoms. The Bertz CT molecular complexity index is 1240. The number of anilines is 1. The zero-order valence-corrected chi connectivity index (χ0v) is 21.2. The number of amides is 2. The molecule has 4 atom stereocenters. The Kier molecular flexibility index (Phi) is 7.33. The number of rotatable bonds is 7. The fourth-order valence-corrected chi connectivity index (χ4v) is 6.21. The number of ether oxygens (including phenoxy) is 1. The second-order valence-corrected chi connectivity index (χ2v) is 10.2. The van der Waals surface area contributed by atoms with Crippen LogP contribution in [0.25, 0.3) is 6.08 Å². The van der Waals surface area contributed by atoms with Crippen LogP contribution in [0, 0.1) is 17.8 Å². The molecule has 1 aliphatic carbocycles. The fourth-order valence-electron chi connectivity index (χ4n) is 6.21. The number of methoxy groups -OCH3 is 1. The van der Waals surface area contributed by atoms with E-state index in [2.05, 4.69) is 0 Å². The number of carbonyl (C=O) groups excluding carboxylic acids is 2. The maximum atomic E-state index is 13.7. The lowest BCUT2D eigenvalue weighted by Gasteiger charge is -2.43. The third kappa shape index (κ3) is 4.89. The predicted octanol–water partition coefficient (Wildman–Crippen LogP) is 4.22. The molecule has 2 aliphatic heterocycles. The number of benzene rings is 2. The van der Waals surface area contributed by atoms with Crippen molar-refractivity contribution in [2.24, 2.45) is 17.8 Å². The van der Waals surface area contributed by atoms with Crippen molar-refractivity contribution in [2.45, 2.75) is 38.6 Å². The van der Waals surface area contributed by atoms with Crippen LogP contribution in [0.1, 0.15) is 31.7 Å². The predicted molar refractivity (Wildman–Crippen MR) is 142 cm³/mol. The van der Waals surface area contributed by atoms with Crippen LogP contribution in [0.4, 0.5) is 5.69 Å². The summed E-state index contributed by atoms with van der Waals surface area (Å²) >= 11 is 0. The number of imide groups is 1. The lowest BCUT2D eigenvalue weighted by Crippen LogP contribution is -2.46. The monoisotopic (exact) mass is 501 g/mol. The Hall–Kier alpha value is -3.20. The number of fused-ring (bicyclic) bond motifs is 3. The van der Waals surface area contributed by atoms with Crippen LogP contribution in [0.15, 0.2) is 71.3 Å². The van der Waals surface area contributed by atoms with E-state index in [-0.39, 0.29) is 35.9 Å². The molecule has 192 valence electrons. The van der Waals surface area contributed by atoms with Gasteiger partial charge in [-0.15, -0.1) is 0 Å². The molecule has 2 N–H and O–H groups in total. The second kappa shape index (κ2) is 10.7. The molecule has 2 aromatic carbocycles. The first-order chi connectivity index (χ1) is 17.9. The number of para-hydroxylation sites is 2. The molecule has 2 aromatic rings. The first kappa shape index (κ1) is 25.5. The van der Waals surface area contributed by atoms with Crippen molar-refractivity contribution < 1.29 is 29.1 Å². The van der Waals surface area contributed by atoms with Crippen molar-refractivity contribution in [3.63, 3.8) is 0 Å². The minimum absolute atomic E-state index is 0.187. The summed E-state index contributed by atoms with van der Waals surface area (Å²) in [6.07, 6.45) is 3.56. The highest BCUT2D eigenvalue weighted by atomic mass is 16.5. The van der Waals surface area contributed by atoms with Crippen molar-refractivity contribution in [3.8, 4) is 5.75 Å². The van der Waals surface area contributed by atoms with Gasteiger partial charge in [-0.3, -0.25) is 14.5 Å². The van der Waals surface area contributed by atoms with E-state index < -0.39 is 19.0 Å². The number of phenolic OH excluding ortho intramolecular Hbond substituents is 1. The van der Waals surface area contributed by atoms with Crippen molar-refractivity contribution in [1.29, 1.82) is 0 Å². The van der Waals surface area contributed by atoms with Gasteiger partial charge in [0.25, 0.3) is 0 Å². The summed E-state index contributed by atoms with van der Waals surface area (Å²) in [6.45, 7) is 2.35. The van der Waals surface area contributed by atoms with E-state index in [0.29, 0.717) is 31.6 Å². The van der Waals surface area contributed by atoms with Crippen LogP contribution in [0.5, 0.6) is 5.75 Å². The number of hydrogen-bond acceptors (Lipinski definition) is 6. The van der Waals surface area contributed by atoms with Gasteiger partial charge in [0, 0.05) is 12.7 Å². The highest BCUT2D eigenvalue weighted by molar-refractivity contribution is 6.43. The van der Waals surface area contributed by atoms with Crippen LogP contribution in [0.2, 0.25) is 6.32 Å². The number of carbonyl (C=O) groups is 2. The van der Waals surface area contributed by atoms with Crippen LogP contribution in [-0.2, 0) is 19.0 Å². The van der Waals surface area contributed by atoms with E-state index in [1.54, 1.807) is 31.4 Å². The molecule has 0 aromatic heterocycles. The average molecular weight is 501 g/mol. The lowest BCUT2D eigenvalue weighted by molar-refractivity contribution is -0.122. The van der Waals surface area contributed by atoms with Gasteiger partial charge in [0.15, 0.2) is 0 Å². The Balaban J connectivity index is 1.43. The van der Waals surface area contributed by atoms with E-state index >= 15 is 0 Å². The molecule has 37 heavy (non-hydrogen) atoms. The molecule has 7 nitrogen and oxygen atoms in total. The quantitative estimate of drug-likeness (QED) is 0.335. The number of nitrogens with zero attached hydrogens (tertiary/aromatic N) is 1. The molecular weight excluding hydrogens is 469 g/mol. The van der Waals surface area contributed by atoms with Gasteiger partial charge in [-0.2, -0.15) is 0 Å². The van der Waals surface area contributed by atoms with E-state index in [9.17, 15) is 19.7 Å². The van der Waals surface area contributed by atoms with Gasteiger partial charge in [-0.25, -0.2) is 0 Å². The maximum Gasteiger partial charge on any atom is 0.455 e. The molecule has 2 amide bonds. The van der Waals surface area contributed by atoms with Crippen molar-refractivity contribution in [1.82, 2.24) is 0 Å². The van der Waals surface area contributed by atoms with Crippen LogP contribution in [0.3, 0.4) is 0 Å². The molecule has 5 rings (SSSR count). The minimum Gasteiger partial charge on any atom is -0.507 e. The Morgan fingerprint density at radius 2 is 1.84 bits per heavy atom.